The van der Waals surface area contributed by atoms with Crippen LogP contribution >= 0.6 is 0 Å². The third-order valence-corrected chi connectivity index (χ3v) is 5.31. The van der Waals surface area contributed by atoms with Gasteiger partial charge in [0.15, 0.2) is 5.41 Å². The van der Waals surface area contributed by atoms with Gasteiger partial charge in [0.2, 0.25) is 11.8 Å². The highest BCUT2D eigenvalue weighted by atomic mass is 19.4. The molecule has 0 aromatic heterocycles. The average molecular weight is 384 g/mol. The molecule has 2 amide bonds. The van der Waals surface area contributed by atoms with Crippen LogP contribution in [0.4, 0.5) is 13.2 Å². The number of aliphatic carboxylic acids is 1. The first-order chi connectivity index (χ1) is 12.6. The molecular formula is C18H19F3N2O4. The van der Waals surface area contributed by atoms with Crippen LogP contribution in [0.2, 0.25) is 0 Å². The fraction of sp³-hybridized carbons (Fsp3) is 0.500. The van der Waals surface area contributed by atoms with Crippen molar-refractivity contribution in [2.75, 3.05) is 19.6 Å². The minimum Gasteiger partial charge on any atom is -0.481 e. The van der Waals surface area contributed by atoms with Crippen molar-refractivity contribution >= 4 is 17.8 Å². The van der Waals surface area contributed by atoms with Crippen LogP contribution in [0.15, 0.2) is 30.3 Å². The Balaban J connectivity index is 1.67. The molecule has 146 valence electrons. The Labute approximate surface area is 153 Å². The van der Waals surface area contributed by atoms with E-state index >= 15 is 0 Å². The monoisotopic (exact) mass is 384 g/mol. The van der Waals surface area contributed by atoms with E-state index in [1.165, 1.54) is 4.90 Å². The van der Waals surface area contributed by atoms with E-state index in [-0.39, 0.29) is 25.4 Å². The van der Waals surface area contributed by atoms with Gasteiger partial charge < -0.3 is 14.9 Å². The van der Waals surface area contributed by atoms with E-state index in [4.69, 9.17) is 5.11 Å². The second-order valence-corrected chi connectivity index (χ2v) is 7.06. The van der Waals surface area contributed by atoms with Crippen molar-refractivity contribution in [2.45, 2.75) is 25.6 Å². The molecule has 9 heteroatoms. The van der Waals surface area contributed by atoms with E-state index in [9.17, 15) is 27.6 Å². The van der Waals surface area contributed by atoms with E-state index in [1.54, 1.807) is 0 Å². The molecule has 0 saturated carbocycles. The predicted molar refractivity (Wildman–Crippen MR) is 87.3 cm³/mol. The first kappa shape index (κ1) is 19.2. The average Bonchev–Trinajstić information content (AvgIpc) is 3.20. The molecule has 0 aliphatic carbocycles. The number of carboxylic acids is 1. The number of alkyl halides is 3. The van der Waals surface area contributed by atoms with Gasteiger partial charge in [-0.05, 0) is 12.0 Å². The first-order valence-corrected chi connectivity index (χ1v) is 8.55. The molecule has 0 spiro atoms. The lowest BCUT2D eigenvalue weighted by atomic mass is 9.86. The number of carbonyl (C=O) groups is 3. The fourth-order valence-electron chi connectivity index (χ4n) is 3.68. The normalized spacial score (nSPS) is 25.9. The van der Waals surface area contributed by atoms with Crippen LogP contribution in [-0.4, -0.2) is 58.5 Å². The van der Waals surface area contributed by atoms with Crippen LogP contribution in [-0.2, 0) is 20.9 Å². The number of carboxylic acid groups (broad SMARTS) is 1. The van der Waals surface area contributed by atoms with Crippen molar-refractivity contribution in [1.29, 1.82) is 0 Å². The Morgan fingerprint density at radius 1 is 1.22 bits per heavy atom. The van der Waals surface area contributed by atoms with E-state index in [0.717, 1.165) is 10.5 Å². The highest BCUT2D eigenvalue weighted by Crippen LogP contribution is 2.46. The maximum Gasteiger partial charge on any atom is 0.406 e. The van der Waals surface area contributed by atoms with E-state index < -0.39 is 42.4 Å². The number of benzene rings is 1. The zero-order valence-corrected chi connectivity index (χ0v) is 14.4. The Bertz CT molecular complexity index is 753. The van der Waals surface area contributed by atoms with Crippen molar-refractivity contribution in [3.8, 4) is 0 Å². The van der Waals surface area contributed by atoms with Crippen molar-refractivity contribution < 1.29 is 32.7 Å². The van der Waals surface area contributed by atoms with Crippen molar-refractivity contribution in [3.05, 3.63) is 35.9 Å². The lowest BCUT2D eigenvalue weighted by molar-refractivity contribution is -0.227. The molecule has 1 aromatic carbocycles. The Kier molecular flexibility index (Phi) is 4.88. The number of amides is 2. The first-order valence-electron chi connectivity index (χ1n) is 8.55. The molecule has 6 nitrogen and oxygen atoms in total. The third kappa shape index (κ3) is 3.50. The minimum atomic E-state index is -4.95. The summed E-state index contributed by atoms with van der Waals surface area (Å²) in [7, 11) is 0. The Morgan fingerprint density at radius 2 is 1.89 bits per heavy atom. The molecule has 27 heavy (non-hydrogen) atoms. The molecule has 2 saturated heterocycles. The number of likely N-dealkylation sites (tertiary alicyclic amines) is 2. The predicted octanol–water partition coefficient (Wildman–Crippen LogP) is 1.90. The smallest absolute Gasteiger partial charge is 0.406 e. The van der Waals surface area contributed by atoms with Gasteiger partial charge in [0.05, 0.1) is 5.92 Å². The van der Waals surface area contributed by atoms with E-state index in [2.05, 4.69) is 0 Å². The van der Waals surface area contributed by atoms with Gasteiger partial charge in [0, 0.05) is 32.6 Å². The zero-order chi connectivity index (χ0) is 19.8. The number of halogens is 3. The van der Waals surface area contributed by atoms with Crippen LogP contribution in [0, 0.1) is 11.3 Å². The summed E-state index contributed by atoms with van der Waals surface area (Å²) in [6.07, 6.45) is -5.70. The molecule has 0 radical (unpaired) electrons. The van der Waals surface area contributed by atoms with E-state index in [0.29, 0.717) is 6.54 Å². The standard InChI is InChI=1S/C18H19F3N2O4/c19-18(20,21)17(16(26)27)6-7-22(11-17)15(25)13-8-14(24)23(10-13)9-12-4-2-1-3-5-12/h1-5,13H,6-11H2,(H,26,27). The third-order valence-electron chi connectivity index (χ3n) is 5.31. The van der Waals surface area contributed by atoms with Crippen LogP contribution in [0.3, 0.4) is 0 Å². The Hall–Kier alpha value is -2.58. The number of rotatable bonds is 4. The van der Waals surface area contributed by atoms with E-state index in [1.807, 2.05) is 30.3 Å². The fourth-order valence-corrected chi connectivity index (χ4v) is 3.68. The van der Waals surface area contributed by atoms with Crippen LogP contribution < -0.4 is 0 Å². The number of carbonyl (C=O) groups excluding carboxylic acids is 2. The summed E-state index contributed by atoms with van der Waals surface area (Å²) in [6, 6.07) is 9.17. The zero-order valence-electron chi connectivity index (χ0n) is 14.4. The molecule has 2 heterocycles. The molecule has 2 unspecified atom stereocenters. The SMILES string of the molecule is O=C1CC(C(=O)N2CCC(C(=O)O)(C(F)(F)F)C2)CN1Cc1ccccc1. The molecule has 1 aromatic rings. The summed E-state index contributed by atoms with van der Waals surface area (Å²) < 4.78 is 39.8. The lowest BCUT2D eigenvalue weighted by Crippen LogP contribution is -2.48. The van der Waals surface area contributed by atoms with Gasteiger partial charge in [-0.15, -0.1) is 0 Å². The topological polar surface area (TPSA) is 77.9 Å². The Morgan fingerprint density at radius 3 is 2.44 bits per heavy atom. The maximum atomic E-state index is 13.3. The summed E-state index contributed by atoms with van der Waals surface area (Å²) in [5, 5.41) is 9.09. The summed E-state index contributed by atoms with van der Waals surface area (Å²) in [4.78, 5) is 38.5. The van der Waals surface area contributed by atoms with Crippen molar-refractivity contribution in [2.24, 2.45) is 11.3 Å². The van der Waals surface area contributed by atoms with Gasteiger partial charge in [-0.2, -0.15) is 13.2 Å². The summed E-state index contributed by atoms with van der Waals surface area (Å²) in [6.45, 7) is -0.748. The molecule has 1 N–H and O–H groups in total. The second kappa shape index (κ2) is 6.86. The lowest BCUT2D eigenvalue weighted by Gasteiger charge is -2.28. The molecule has 2 atom stereocenters. The summed E-state index contributed by atoms with van der Waals surface area (Å²) in [5.41, 5.74) is -2.04. The number of hydrogen-bond donors (Lipinski definition) is 1. The summed E-state index contributed by atoms with van der Waals surface area (Å²) >= 11 is 0. The van der Waals surface area contributed by atoms with Crippen LogP contribution in [0.25, 0.3) is 0 Å². The van der Waals surface area contributed by atoms with Crippen molar-refractivity contribution in [3.63, 3.8) is 0 Å². The molecular weight excluding hydrogens is 365 g/mol. The highest BCUT2D eigenvalue weighted by molar-refractivity contribution is 5.90. The molecule has 3 rings (SSSR count). The van der Waals surface area contributed by atoms with Gasteiger partial charge in [-0.3, -0.25) is 14.4 Å². The van der Waals surface area contributed by atoms with Gasteiger partial charge in [0.25, 0.3) is 0 Å². The van der Waals surface area contributed by atoms with Crippen LogP contribution in [0.1, 0.15) is 18.4 Å². The molecule has 2 fully saturated rings. The highest BCUT2D eigenvalue weighted by Gasteiger charge is 2.64. The van der Waals surface area contributed by atoms with Gasteiger partial charge >= 0.3 is 12.1 Å². The molecule has 0 bridgehead atoms. The van der Waals surface area contributed by atoms with Gasteiger partial charge in [-0.1, -0.05) is 30.3 Å². The maximum absolute atomic E-state index is 13.3. The van der Waals surface area contributed by atoms with Crippen LogP contribution in [0.5, 0.6) is 0 Å². The molecule has 2 aliphatic rings. The quantitative estimate of drug-likeness (QED) is 0.860. The minimum absolute atomic E-state index is 0.0751. The number of nitrogens with zero attached hydrogens (tertiary/aromatic N) is 2. The molecule has 2 aliphatic heterocycles. The van der Waals surface area contributed by atoms with Gasteiger partial charge in [0.1, 0.15) is 0 Å². The number of hydrogen-bond acceptors (Lipinski definition) is 3. The van der Waals surface area contributed by atoms with Crippen molar-refractivity contribution in [1.82, 2.24) is 9.80 Å². The largest absolute Gasteiger partial charge is 0.481 e. The second-order valence-electron chi connectivity index (χ2n) is 7.06. The van der Waals surface area contributed by atoms with Gasteiger partial charge in [-0.25, -0.2) is 0 Å². The summed E-state index contributed by atoms with van der Waals surface area (Å²) in [5.74, 6) is -3.56.